The van der Waals surface area contributed by atoms with E-state index in [1.807, 2.05) is 62.0 Å². The first-order valence-corrected chi connectivity index (χ1v) is 13.1. The second-order valence-electron chi connectivity index (χ2n) is 9.13. The van der Waals surface area contributed by atoms with Crippen LogP contribution in [0.5, 0.6) is 0 Å². The molecule has 6 heteroatoms. The van der Waals surface area contributed by atoms with Gasteiger partial charge < -0.3 is 15.5 Å². The summed E-state index contributed by atoms with van der Waals surface area (Å²) in [6.45, 7) is 6.50. The number of hydrogen-bond donors (Lipinski definition) is 2. The standard InChI is InChI=1S/C28H33N3O2S/c1-20(2)27(30-26(32)18-22-7-10-23-5-3-4-6-24(23)17-22)28(33)29-19-21-8-11-25(12-9-21)31-13-15-34-16-14-31/h3-12,17,20,27H,13-16,18-19H2,1-2H3,(H,29,33)(H,30,32). The van der Waals surface area contributed by atoms with Gasteiger partial charge in [-0.3, -0.25) is 9.59 Å². The summed E-state index contributed by atoms with van der Waals surface area (Å²) in [5.41, 5.74) is 3.22. The molecule has 0 spiro atoms. The number of fused-ring (bicyclic) bond motifs is 1. The monoisotopic (exact) mass is 475 g/mol. The highest BCUT2D eigenvalue weighted by atomic mass is 32.2. The van der Waals surface area contributed by atoms with Crippen LogP contribution in [0.1, 0.15) is 25.0 Å². The molecule has 4 rings (SSSR count). The molecule has 2 N–H and O–H groups in total. The lowest BCUT2D eigenvalue weighted by Crippen LogP contribution is -2.49. The van der Waals surface area contributed by atoms with Gasteiger partial charge in [-0.1, -0.05) is 68.4 Å². The van der Waals surface area contributed by atoms with E-state index >= 15 is 0 Å². The molecule has 1 saturated heterocycles. The summed E-state index contributed by atoms with van der Waals surface area (Å²) in [6, 6.07) is 21.9. The van der Waals surface area contributed by atoms with E-state index in [9.17, 15) is 9.59 Å². The molecule has 178 valence electrons. The summed E-state index contributed by atoms with van der Waals surface area (Å²) < 4.78 is 0. The molecule has 1 aliphatic rings. The Balaban J connectivity index is 1.31. The zero-order valence-electron chi connectivity index (χ0n) is 19.9. The van der Waals surface area contributed by atoms with Crippen molar-refractivity contribution in [2.75, 3.05) is 29.5 Å². The molecular formula is C28H33N3O2S. The minimum atomic E-state index is -0.571. The summed E-state index contributed by atoms with van der Waals surface area (Å²) in [6.07, 6.45) is 0.248. The number of hydrogen-bond acceptors (Lipinski definition) is 4. The van der Waals surface area contributed by atoms with E-state index in [0.29, 0.717) is 6.54 Å². The Kier molecular flexibility index (Phi) is 8.12. The number of nitrogens with one attached hydrogen (secondary N) is 2. The van der Waals surface area contributed by atoms with Gasteiger partial charge >= 0.3 is 0 Å². The molecular weight excluding hydrogens is 442 g/mol. The second-order valence-corrected chi connectivity index (χ2v) is 10.4. The van der Waals surface area contributed by atoms with E-state index in [1.165, 1.54) is 17.2 Å². The van der Waals surface area contributed by atoms with Crippen molar-refractivity contribution >= 4 is 40.0 Å². The lowest BCUT2D eigenvalue weighted by atomic mass is 10.0. The minimum Gasteiger partial charge on any atom is -0.370 e. The zero-order chi connectivity index (χ0) is 23.9. The molecule has 3 aromatic carbocycles. The first-order chi connectivity index (χ1) is 16.5. The van der Waals surface area contributed by atoms with Gasteiger partial charge in [-0.2, -0.15) is 11.8 Å². The predicted octanol–water partition coefficient (Wildman–Crippen LogP) is 4.39. The van der Waals surface area contributed by atoms with E-state index in [0.717, 1.165) is 35.0 Å². The van der Waals surface area contributed by atoms with Crippen molar-refractivity contribution < 1.29 is 9.59 Å². The third-order valence-electron chi connectivity index (χ3n) is 6.22. The van der Waals surface area contributed by atoms with Gasteiger partial charge in [0.05, 0.1) is 6.42 Å². The first kappa shape index (κ1) is 24.1. The smallest absolute Gasteiger partial charge is 0.243 e. The fraction of sp³-hybridized carbons (Fsp3) is 0.357. The molecule has 0 aromatic heterocycles. The van der Waals surface area contributed by atoms with Crippen LogP contribution in [-0.2, 0) is 22.6 Å². The Bertz CT molecular complexity index is 1120. The van der Waals surface area contributed by atoms with Crippen molar-refractivity contribution in [3.8, 4) is 0 Å². The topological polar surface area (TPSA) is 61.4 Å². The number of thioether (sulfide) groups is 1. The summed E-state index contributed by atoms with van der Waals surface area (Å²) in [5.74, 6) is 2.02. The van der Waals surface area contributed by atoms with Gasteiger partial charge in [-0.05, 0) is 39.9 Å². The fourth-order valence-electron chi connectivity index (χ4n) is 4.24. The Morgan fingerprint density at radius 2 is 1.59 bits per heavy atom. The van der Waals surface area contributed by atoms with Crippen molar-refractivity contribution in [2.45, 2.75) is 32.9 Å². The summed E-state index contributed by atoms with van der Waals surface area (Å²) in [7, 11) is 0. The Morgan fingerprint density at radius 1 is 0.912 bits per heavy atom. The summed E-state index contributed by atoms with van der Waals surface area (Å²) in [4.78, 5) is 28.0. The third-order valence-corrected chi connectivity index (χ3v) is 7.17. The van der Waals surface area contributed by atoms with Crippen LogP contribution in [0.3, 0.4) is 0 Å². The van der Waals surface area contributed by atoms with Crippen LogP contribution in [0, 0.1) is 5.92 Å². The molecule has 0 saturated carbocycles. The number of anilines is 1. The maximum Gasteiger partial charge on any atom is 0.243 e. The highest BCUT2D eigenvalue weighted by Gasteiger charge is 2.24. The molecule has 2 amide bonds. The van der Waals surface area contributed by atoms with E-state index < -0.39 is 6.04 Å². The highest BCUT2D eigenvalue weighted by Crippen LogP contribution is 2.20. The van der Waals surface area contributed by atoms with Gasteiger partial charge in [0.25, 0.3) is 0 Å². The number of benzene rings is 3. The molecule has 1 fully saturated rings. The second kappa shape index (κ2) is 11.4. The molecule has 1 unspecified atom stereocenters. The molecule has 0 radical (unpaired) electrons. The average molecular weight is 476 g/mol. The summed E-state index contributed by atoms with van der Waals surface area (Å²) in [5, 5.41) is 8.20. The number of nitrogens with zero attached hydrogens (tertiary/aromatic N) is 1. The van der Waals surface area contributed by atoms with E-state index in [4.69, 9.17) is 0 Å². The van der Waals surface area contributed by atoms with E-state index in [2.05, 4.69) is 45.9 Å². The van der Waals surface area contributed by atoms with Gasteiger partial charge in [0.1, 0.15) is 6.04 Å². The van der Waals surface area contributed by atoms with Crippen molar-refractivity contribution in [1.82, 2.24) is 10.6 Å². The van der Waals surface area contributed by atoms with Crippen molar-refractivity contribution in [1.29, 1.82) is 0 Å². The molecule has 1 atom stereocenters. The normalized spacial score (nSPS) is 14.7. The van der Waals surface area contributed by atoms with Crippen LogP contribution in [0.4, 0.5) is 5.69 Å². The molecule has 1 heterocycles. The minimum absolute atomic E-state index is 0.0140. The van der Waals surface area contributed by atoms with Crippen LogP contribution < -0.4 is 15.5 Å². The predicted molar refractivity (Wildman–Crippen MR) is 142 cm³/mol. The summed E-state index contributed by atoms with van der Waals surface area (Å²) >= 11 is 2.00. The van der Waals surface area contributed by atoms with Crippen LogP contribution in [0.15, 0.2) is 66.7 Å². The Morgan fingerprint density at radius 3 is 2.29 bits per heavy atom. The molecule has 34 heavy (non-hydrogen) atoms. The maximum atomic E-state index is 12.9. The van der Waals surface area contributed by atoms with Crippen LogP contribution in [0.2, 0.25) is 0 Å². The fourth-order valence-corrected chi connectivity index (χ4v) is 5.14. The average Bonchev–Trinajstić information content (AvgIpc) is 2.86. The van der Waals surface area contributed by atoms with Gasteiger partial charge in [0.2, 0.25) is 11.8 Å². The van der Waals surface area contributed by atoms with Crippen LogP contribution >= 0.6 is 11.8 Å². The molecule has 0 bridgehead atoms. The van der Waals surface area contributed by atoms with Crippen LogP contribution in [0.25, 0.3) is 10.8 Å². The van der Waals surface area contributed by atoms with Gasteiger partial charge in [-0.25, -0.2) is 0 Å². The first-order valence-electron chi connectivity index (χ1n) is 12.0. The molecule has 5 nitrogen and oxygen atoms in total. The quantitative estimate of drug-likeness (QED) is 0.507. The number of carbonyl (C=O) groups excluding carboxylic acids is 2. The maximum absolute atomic E-state index is 12.9. The lowest BCUT2D eigenvalue weighted by Gasteiger charge is -2.28. The van der Waals surface area contributed by atoms with Crippen LogP contribution in [-0.4, -0.2) is 42.5 Å². The van der Waals surface area contributed by atoms with E-state index in [-0.39, 0.29) is 24.2 Å². The SMILES string of the molecule is CC(C)C(NC(=O)Cc1ccc2ccccc2c1)C(=O)NCc1ccc(N2CCSCC2)cc1. The van der Waals surface area contributed by atoms with Crippen molar-refractivity contribution in [2.24, 2.45) is 5.92 Å². The number of carbonyl (C=O) groups is 2. The largest absolute Gasteiger partial charge is 0.370 e. The number of amides is 2. The number of rotatable bonds is 8. The van der Waals surface area contributed by atoms with Gasteiger partial charge in [-0.15, -0.1) is 0 Å². The Labute approximate surface area is 206 Å². The van der Waals surface area contributed by atoms with Crippen molar-refractivity contribution in [3.63, 3.8) is 0 Å². The third kappa shape index (κ3) is 6.32. The molecule has 0 aliphatic carbocycles. The highest BCUT2D eigenvalue weighted by molar-refractivity contribution is 7.99. The molecule has 1 aliphatic heterocycles. The van der Waals surface area contributed by atoms with Gasteiger partial charge in [0, 0.05) is 36.8 Å². The lowest BCUT2D eigenvalue weighted by molar-refractivity contribution is -0.129. The zero-order valence-corrected chi connectivity index (χ0v) is 20.7. The van der Waals surface area contributed by atoms with Gasteiger partial charge in [0.15, 0.2) is 0 Å². The Hall–Kier alpha value is -2.99. The van der Waals surface area contributed by atoms with E-state index in [1.54, 1.807) is 0 Å². The molecule has 3 aromatic rings. The van der Waals surface area contributed by atoms with Crippen molar-refractivity contribution in [3.05, 3.63) is 77.9 Å².